The Morgan fingerprint density at radius 2 is 1.90 bits per heavy atom. The van der Waals surface area contributed by atoms with E-state index >= 15 is 0 Å². The van der Waals surface area contributed by atoms with Gasteiger partial charge < -0.3 is 10.4 Å². The van der Waals surface area contributed by atoms with Crippen molar-refractivity contribution in [1.29, 1.82) is 0 Å². The normalized spacial score (nSPS) is 26.3. The van der Waals surface area contributed by atoms with Crippen molar-refractivity contribution in [2.45, 2.75) is 38.1 Å². The molecule has 1 aromatic rings. The van der Waals surface area contributed by atoms with Crippen LogP contribution in [-0.4, -0.2) is 23.2 Å². The minimum Gasteiger partial charge on any atom is -0.394 e. The number of benzene rings is 1. The fraction of sp³-hybridized carbons (Fsp3) is 0.533. The molecule has 0 heterocycles. The molecule has 1 aromatic carbocycles. The van der Waals surface area contributed by atoms with Crippen LogP contribution in [0.25, 0.3) is 0 Å². The number of hydrogen-bond donors (Lipinski definition) is 2. The predicted molar refractivity (Wildman–Crippen MR) is 71.3 cm³/mol. The largest absolute Gasteiger partial charge is 0.394 e. The summed E-state index contributed by atoms with van der Waals surface area (Å²) in [5.74, 6) is -2.04. The van der Waals surface area contributed by atoms with E-state index in [1.165, 1.54) is 6.07 Å². The standard InChI is InChI=1S/C15H19F2NO2/c1-10-5-7-15(9-19,8-6-10)18-14(20)13-11(16)3-2-4-12(13)17/h2-4,10,19H,5-9H2,1H3,(H,18,20). The van der Waals surface area contributed by atoms with Gasteiger partial charge in [0.2, 0.25) is 0 Å². The van der Waals surface area contributed by atoms with E-state index in [4.69, 9.17) is 0 Å². The van der Waals surface area contributed by atoms with E-state index in [-0.39, 0.29) is 6.61 Å². The molecule has 110 valence electrons. The fourth-order valence-corrected chi connectivity index (χ4v) is 2.66. The molecule has 0 saturated heterocycles. The van der Waals surface area contributed by atoms with Gasteiger partial charge in [-0.1, -0.05) is 13.0 Å². The summed E-state index contributed by atoms with van der Waals surface area (Å²) in [7, 11) is 0. The van der Waals surface area contributed by atoms with E-state index < -0.39 is 28.6 Å². The number of hydrogen-bond acceptors (Lipinski definition) is 2. The molecule has 1 saturated carbocycles. The third kappa shape index (κ3) is 2.98. The Balaban J connectivity index is 2.18. The highest BCUT2D eigenvalue weighted by atomic mass is 19.1. The lowest BCUT2D eigenvalue weighted by Gasteiger charge is -2.38. The number of amides is 1. The lowest BCUT2D eigenvalue weighted by Crippen LogP contribution is -2.53. The van der Waals surface area contributed by atoms with Crippen molar-refractivity contribution in [2.75, 3.05) is 6.61 Å². The zero-order valence-electron chi connectivity index (χ0n) is 11.5. The molecule has 20 heavy (non-hydrogen) atoms. The lowest BCUT2D eigenvalue weighted by atomic mass is 9.77. The third-order valence-corrected chi connectivity index (χ3v) is 4.10. The van der Waals surface area contributed by atoms with E-state index in [0.717, 1.165) is 25.0 Å². The van der Waals surface area contributed by atoms with Crippen LogP contribution in [0.15, 0.2) is 18.2 Å². The van der Waals surface area contributed by atoms with E-state index in [0.29, 0.717) is 18.8 Å². The van der Waals surface area contributed by atoms with Crippen molar-refractivity contribution in [3.63, 3.8) is 0 Å². The Hall–Kier alpha value is -1.49. The van der Waals surface area contributed by atoms with Crippen LogP contribution in [0.1, 0.15) is 43.0 Å². The molecule has 0 unspecified atom stereocenters. The van der Waals surface area contributed by atoms with Gasteiger partial charge in [0.25, 0.3) is 5.91 Å². The number of halogens is 2. The van der Waals surface area contributed by atoms with Gasteiger partial charge in [-0.05, 0) is 43.7 Å². The molecular weight excluding hydrogens is 264 g/mol. The van der Waals surface area contributed by atoms with E-state index in [2.05, 4.69) is 12.2 Å². The van der Waals surface area contributed by atoms with Crippen molar-refractivity contribution in [2.24, 2.45) is 5.92 Å². The highest BCUT2D eigenvalue weighted by molar-refractivity contribution is 5.95. The van der Waals surface area contributed by atoms with Gasteiger partial charge in [-0.2, -0.15) is 0 Å². The summed E-state index contributed by atoms with van der Waals surface area (Å²) in [6, 6.07) is 3.31. The second-order valence-corrected chi connectivity index (χ2v) is 5.67. The van der Waals surface area contributed by atoms with E-state index in [1.807, 2.05) is 0 Å². The average Bonchev–Trinajstić information content (AvgIpc) is 2.41. The SMILES string of the molecule is CC1CCC(CO)(NC(=O)c2c(F)cccc2F)CC1. The Bertz CT molecular complexity index is 476. The molecule has 0 atom stereocenters. The van der Waals surface area contributed by atoms with Gasteiger partial charge in [0.1, 0.15) is 17.2 Å². The van der Waals surface area contributed by atoms with Gasteiger partial charge >= 0.3 is 0 Å². The molecule has 1 amide bonds. The van der Waals surface area contributed by atoms with Gasteiger partial charge in [-0.25, -0.2) is 8.78 Å². The first-order chi connectivity index (χ1) is 9.47. The van der Waals surface area contributed by atoms with E-state index in [9.17, 15) is 18.7 Å². The van der Waals surface area contributed by atoms with Crippen molar-refractivity contribution in [3.8, 4) is 0 Å². The number of nitrogens with one attached hydrogen (secondary N) is 1. The number of carbonyl (C=O) groups is 1. The van der Waals surface area contributed by atoms with Crippen molar-refractivity contribution in [3.05, 3.63) is 35.4 Å². The number of aliphatic hydroxyl groups excluding tert-OH is 1. The predicted octanol–water partition coefficient (Wildman–Crippen LogP) is 2.64. The number of carbonyl (C=O) groups excluding carboxylic acids is 1. The summed E-state index contributed by atoms with van der Waals surface area (Å²) in [6.45, 7) is 1.89. The first-order valence-corrected chi connectivity index (χ1v) is 6.85. The van der Waals surface area contributed by atoms with Crippen molar-refractivity contribution < 1.29 is 18.7 Å². The average molecular weight is 283 g/mol. The van der Waals surface area contributed by atoms with Crippen LogP contribution < -0.4 is 5.32 Å². The summed E-state index contributed by atoms with van der Waals surface area (Å²) in [5, 5.41) is 12.2. The minimum absolute atomic E-state index is 0.221. The summed E-state index contributed by atoms with van der Waals surface area (Å²) >= 11 is 0. The van der Waals surface area contributed by atoms with Crippen LogP contribution in [0.5, 0.6) is 0 Å². The van der Waals surface area contributed by atoms with Crippen LogP contribution in [0.3, 0.4) is 0 Å². The van der Waals surface area contributed by atoms with Gasteiger partial charge in [0, 0.05) is 0 Å². The van der Waals surface area contributed by atoms with E-state index in [1.54, 1.807) is 0 Å². The number of rotatable bonds is 3. The molecule has 2 N–H and O–H groups in total. The molecule has 0 aromatic heterocycles. The highest BCUT2D eigenvalue weighted by Crippen LogP contribution is 2.32. The fourth-order valence-electron chi connectivity index (χ4n) is 2.66. The molecule has 0 bridgehead atoms. The molecule has 1 fully saturated rings. The van der Waals surface area contributed by atoms with Crippen LogP contribution in [-0.2, 0) is 0 Å². The molecule has 3 nitrogen and oxygen atoms in total. The maximum atomic E-state index is 13.6. The molecule has 5 heteroatoms. The van der Waals surface area contributed by atoms with Gasteiger partial charge in [0.05, 0.1) is 12.1 Å². The summed E-state index contributed by atoms with van der Waals surface area (Å²) in [5.41, 5.74) is -1.35. The highest BCUT2D eigenvalue weighted by Gasteiger charge is 2.36. The Labute approximate surface area is 117 Å². The zero-order valence-corrected chi connectivity index (χ0v) is 11.5. The maximum Gasteiger partial charge on any atom is 0.257 e. The van der Waals surface area contributed by atoms with Crippen LogP contribution in [0.2, 0.25) is 0 Å². The van der Waals surface area contributed by atoms with Crippen molar-refractivity contribution in [1.82, 2.24) is 5.32 Å². The van der Waals surface area contributed by atoms with Gasteiger partial charge in [-0.15, -0.1) is 0 Å². The molecule has 0 spiro atoms. The molecule has 0 aliphatic heterocycles. The molecule has 0 radical (unpaired) electrons. The Kier molecular flexibility index (Phi) is 4.38. The summed E-state index contributed by atoms with van der Waals surface area (Å²) in [4.78, 5) is 12.1. The molecule has 1 aliphatic carbocycles. The topological polar surface area (TPSA) is 49.3 Å². The van der Waals surface area contributed by atoms with Crippen LogP contribution in [0.4, 0.5) is 8.78 Å². The quantitative estimate of drug-likeness (QED) is 0.896. The third-order valence-electron chi connectivity index (χ3n) is 4.10. The zero-order chi connectivity index (χ0) is 14.8. The second kappa shape index (κ2) is 5.87. The first kappa shape index (κ1) is 14.9. The monoisotopic (exact) mass is 283 g/mol. The van der Waals surface area contributed by atoms with Crippen LogP contribution >= 0.6 is 0 Å². The maximum absolute atomic E-state index is 13.6. The van der Waals surface area contributed by atoms with Crippen LogP contribution in [0, 0.1) is 17.6 Å². The molecule has 2 rings (SSSR count). The van der Waals surface area contributed by atoms with Gasteiger partial charge in [-0.3, -0.25) is 4.79 Å². The molecular formula is C15H19F2NO2. The van der Waals surface area contributed by atoms with Gasteiger partial charge in [0.15, 0.2) is 0 Å². The first-order valence-electron chi connectivity index (χ1n) is 6.85. The lowest BCUT2D eigenvalue weighted by molar-refractivity contribution is 0.0709. The second-order valence-electron chi connectivity index (χ2n) is 5.67. The smallest absolute Gasteiger partial charge is 0.257 e. The molecule has 1 aliphatic rings. The Morgan fingerprint density at radius 3 is 2.40 bits per heavy atom. The van der Waals surface area contributed by atoms with Crippen molar-refractivity contribution >= 4 is 5.91 Å². The minimum atomic E-state index is -0.889. The summed E-state index contributed by atoms with van der Waals surface area (Å²) < 4.78 is 27.2. The summed E-state index contributed by atoms with van der Waals surface area (Å²) in [6.07, 6.45) is 2.99. The Morgan fingerprint density at radius 1 is 1.35 bits per heavy atom. The number of aliphatic hydroxyl groups is 1.